The number of hydrazone groups is 1. The van der Waals surface area contributed by atoms with E-state index in [0.29, 0.717) is 29.0 Å². The van der Waals surface area contributed by atoms with Gasteiger partial charge in [0.1, 0.15) is 11.5 Å². The third-order valence-corrected chi connectivity index (χ3v) is 3.97. The molecule has 1 fully saturated rings. The lowest BCUT2D eigenvalue weighted by atomic mass is 10.2. The molecule has 1 aromatic rings. The third kappa shape index (κ3) is 3.95. The Morgan fingerprint density at radius 1 is 1.38 bits per heavy atom. The SMILES string of the molecule is CCOc1ccc(/C=N/N2C(=O)CSC2=S)c(OCC)c1. The Labute approximate surface area is 133 Å². The second-order valence-corrected chi connectivity index (χ2v) is 5.68. The molecule has 5 nitrogen and oxygen atoms in total. The molecule has 0 atom stereocenters. The first-order chi connectivity index (χ1) is 10.2. The predicted octanol–water partition coefficient (Wildman–Crippen LogP) is 2.68. The van der Waals surface area contributed by atoms with E-state index >= 15 is 0 Å². The molecule has 0 unspecified atom stereocenters. The first kappa shape index (κ1) is 15.8. The Bertz CT molecular complexity index is 559. The van der Waals surface area contributed by atoms with Gasteiger partial charge in [0.25, 0.3) is 5.91 Å². The van der Waals surface area contributed by atoms with E-state index in [2.05, 4.69) is 5.10 Å². The van der Waals surface area contributed by atoms with Gasteiger partial charge < -0.3 is 9.47 Å². The van der Waals surface area contributed by atoms with Gasteiger partial charge in [0, 0.05) is 11.6 Å². The fraction of sp³-hybridized carbons (Fsp3) is 0.357. The van der Waals surface area contributed by atoms with Crippen LogP contribution in [-0.2, 0) is 4.79 Å². The number of benzene rings is 1. The van der Waals surface area contributed by atoms with Crippen LogP contribution in [0.4, 0.5) is 0 Å². The molecule has 1 heterocycles. The molecule has 0 N–H and O–H groups in total. The van der Waals surface area contributed by atoms with E-state index in [1.54, 1.807) is 6.21 Å². The summed E-state index contributed by atoms with van der Waals surface area (Å²) in [5.74, 6) is 1.64. The second kappa shape index (κ2) is 7.42. The molecule has 7 heteroatoms. The van der Waals surface area contributed by atoms with Crippen LogP contribution in [0.15, 0.2) is 23.3 Å². The van der Waals surface area contributed by atoms with E-state index in [1.807, 2.05) is 32.0 Å². The summed E-state index contributed by atoms with van der Waals surface area (Å²) in [6, 6.07) is 5.50. The van der Waals surface area contributed by atoms with Gasteiger partial charge >= 0.3 is 0 Å². The van der Waals surface area contributed by atoms with Gasteiger partial charge in [-0.15, -0.1) is 0 Å². The zero-order chi connectivity index (χ0) is 15.2. The van der Waals surface area contributed by atoms with Crippen LogP contribution in [0, 0.1) is 0 Å². The van der Waals surface area contributed by atoms with Crippen molar-refractivity contribution in [2.45, 2.75) is 13.8 Å². The Balaban J connectivity index is 2.21. The number of nitrogens with zero attached hydrogens (tertiary/aromatic N) is 2. The van der Waals surface area contributed by atoms with Gasteiger partial charge in [-0.1, -0.05) is 24.0 Å². The van der Waals surface area contributed by atoms with E-state index in [-0.39, 0.29) is 5.91 Å². The van der Waals surface area contributed by atoms with Gasteiger partial charge in [-0.05, 0) is 26.0 Å². The number of ether oxygens (including phenoxy) is 2. The van der Waals surface area contributed by atoms with Crippen LogP contribution in [0.2, 0.25) is 0 Å². The summed E-state index contributed by atoms with van der Waals surface area (Å²) in [6.07, 6.45) is 1.58. The lowest BCUT2D eigenvalue weighted by molar-refractivity contribution is -0.123. The van der Waals surface area contributed by atoms with E-state index < -0.39 is 0 Å². The first-order valence-electron chi connectivity index (χ1n) is 6.59. The van der Waals surface area contributed by atoms with Crippen LogP contribution >= 0.6 is 24.0 Å². The minimum atomic E-state index is -0.106. The highest BCUT2D eigenvalue weighted by Gasteiger charge is 2.26. The van der Waals surface area contributed by atoms with Crippen molar-refractivity contribution in [1.29, 1.82) is 0 Å². The van der Waals surface area contributed by atoms with Crippen molar-refractivity contribution in [2.75, 3.05) is 19.0 Å². The van der Waals surface area contributed by atoms with Crippen molar-refractivity contribution >= 4 is 40.4 Å². The van der Waals surface area contributed by atoms with E-state index in [1.165, 1.54) is 16.8 Å². The summed E-state index contributed by atoms with van der Waals surface area (Å²) in [5, 5.41) is 5.39. The summed E-state index contributed by atoms with van der Waals surface area (Å²) >= 11 is 6.39. The Hall–Kier alpha value is -1.60. The van der Waals surface area contributed by atoms with E-state index in [4.69, 9.17) is 21.7 Å². The van der Waals surface area contributed by atoms with Crippen LogP contribution in [-0.4, -0.2) is 40.4 Å². The predicted molar refractivity (Wildman–Crippen MR) is 88.3 cm³/mol. The van der Waals surface area contributed by atoms with E-state index in [9.17, 15) is 4.79 Å². The fourth-order valence-electron chi connectivity index (χ4n) is 1.74. The van der Waals surface area contributed by atoms with Crippen molar-refractivity contribution in [1.82, 2.24) is 5.01 Å². The minimum Gasteiger partial charge on any atom is -0.494 e. The summed E-state index contributed by atoms with van der Waals surface area (Å²) in [4.78, 5) is 11.6. The summed E-state index contributed by atoms with van der Waals surface area (Å²) < 4.78 is 11.5. The molecule has 0 bridgehead atoms. The second-order valence-electron chi connectivity index (χ2n) is 4.07. The minimum absolute atomic E-state index is 0.106. The monoisotopic (exact) mass is 324 g/mol. The smallest absolute Gasteiger partial charge is 0.259 e. The highest BCUT2D eigenvalue weighted by atomic mass is 32.2. The zero-order valence-corrected chi connectivity index (χ0v) is 13.5. The molecule has 2 rings (SSSR count). The lowest BCUT2D eigenvalue weighted by Gasteiger charge is -2.11. The zero-order valence-electron chi connectivity index (χ0n) is 11.9. The molecule has 0 aliphatic carbocycles. The molecule has 1 aromatic carbocycles. The molecule has 0 spiro atoms. The van der Waals surface area contributed by atoms with E-state index in [0.717, 1.165) is 11.3 Å². The molecule has 0 saturated carbocycles. The van der Waals surface area contributed by atoms with Gasteiger partial charge in [0.05, 0.1) is 25.2 Å². The maximum Gasteiger partial charge on any atom is 0.259 e. The average Bonchev–Trinajstić information content (AvgIpc) is 2.78. The molecular weight excluding hydrogens is 308 g/mol. The molecule has 21 heavy (non-hydrogen) atoms. The molecule has 1 aliphatic heterocycles. The maximum atomic E-state index is 11.6. The highest BCUT2D eigenvalue weighted by molar-refractivity contribution is 8.23. The average molecular weight is 324 g/mol. The fourth-order valence-corrected chi connectivity index (χ4v) is 2.70. The number of hydrogen-bond acceptors (Lipinski definition) is 6. The van der Waals surface area contributed by atoms with Gasteiger partial charge in [0.2, 0.25) is 0 Å². The van der Waals surface area contributed by atoms with Crippen molar-refractivity contribution in [2.24, 2.45) is 5.10 Å². The molecule has 1 saturated heterocycles. The quantitative estimate of drug-likeness (QED) is 0.595. The Morgan fingerprint density at radius 2 is 2.14 bits per heavy atom. The number of carbonyl (C=O) groups is 1. The third-order valence-electron chi connectivity index (χ3n) is 2.64. The number of thiocarbonyl (C=S) groups is 1. The largest absolute Gasteiger partial charge is 0.494 e. The summed E-state index contributed by atoms with van der Waals surface area (Å²) in [5.41, 5.74) is 0.771. The Morgan fingerprint density at radius 3 is 2.76 bits per heavy atom. The van der Waals surface area contributed by atoms with Crippen LogP contribution in [0.1, 0.15) is 19.4 Å². The molecule has 0 radical (unpaired) electrons. The van der Waals surface area contributed by atoms with Crippen LogP contribution in [0.25, 0.3) is 0 Å². The number of amides is 1. The molecular formula is C14H16N2O3S2. The van der Waals surface area contributed by atoms with Crippen molar-refractivity contribution in [3.63, 3.8) is 0 Å². The number of carbonyl (C=O) groups excluding carboxylic acids is 1. The van der Waals surface area contributed by atoms with Crippen LogP contribution in [0.5, 0.6) is 11.5 Å². The van der Waals surface area contributed by atoms with Gasteiger partial charge in [-0.2, -0.15) is 10.1 Å². The highest BCUT2D eigenvalue weighted by Crippen LogP contribution is 2.25. The molecule has 1 aliphatic rings. The lowest BCUT2D eigenvalue weighted by Crippen LogP contribution is -2.22. The number of hydrogen-bond donors (Lipinski definition) is 0. The van der Waals surface area contributed by atoms with Crippen molar-refractivity contribution in [3.05, 3.63) is 23.8 Å². The molecule has 0 aromatic heterocycles. The van der Waals surface area contributed by atoms with Gasteiger partial charge in [-0.3, -0.25) is 4.79 Å². The topological polar surface area (TPSA) is 51.1 Å². The van der Waals surface area contributed by atoms with Crippen LogP contribution in [0.3, 0.4) is 0 Å². The summed E-state index contributed by atoms with van der Waals surface area (Å²) in [7, 11) is 0. The van der Waals surface area contributed by atoms with Gasteiger partial charge in [0.15, 0.2) is 4.32 Å². The summed E-state index contributed by atoms with van der Waals surface area (Å²) in [6.45, 7) is 4.96. The molecule has 1 amide bonds. The molecule has 112 valence electrons. The standard InChI is InChI=1S/C14H16N2O3S2/c1-3-18-11-6-5-10(12(7-11)19-4-2)8-15-16-13(17)9-21-14(16)20/h5-8H,3-4,9H2,1-2H3/b15-8+. The van der Waals surface area contributed by atoms with Crippen LogP contribution < -0.4 is 9.47 Å². The van der Waals surface area contributed by atoms with Crippen molar-refractivity contribution in [3.8, 4) is 11.5 Å². The Kier molecular flexibility index (Phi) is 5.58. The normalized spacial score (nSPS) is 15.0. The maximum absolute atomic E-state index is 11.6. The number of rotatable bonds is 6. The first-order valence-corrected chi connectivity index (χ1v) is 7.98. The van der Waals surface area contributed by atoms with Crippen molar-refractivity contribution < 1.29 is 14.3 Å². The number of thioether (sulfide) groups is 1. The van der Waals surface area contributed by atoms with Gasteiger partial charge in [-0.25, -0.2) is 0 Å².